The van der Waals surface area contributed by atoms with Crippen molar-refractivity contribution in [1.29, 1.82) is 0 Å². The van der Waals surface area contributed by atoms with Crippen LogP contribution in [0.25, 0.3) is 6.08 Å². The Hall–Kier alpha value is -2.81. The average molecular weight is 334 g/mol. The summed E-state index contributed by atoms with van der Waals surface area (Å²) in [6, 6.07) is 2.66. The molecule has 1 fully saturated rings. The minimum Gasteiger partial charge on any atom is -0.454 e. The molecule has 3 rings (SSSR count). The largest absolute Gasteiger partial charge is 0.454 e. The highest BCUT2D eigenvalue weighted by Gasteiger charge is 2.35. The minimum atomic E-state index is -0.582. The van der Waals surface area contributed by atoms with E-state index in [1.165, 1.54) is 24.3 Å². The molecule has 2 aliphatic heterocycles. The smallest absolute Gasteiger partial charge is 0.293 e. The van der Waals surface area contributed by atoms with Crippen molar-refractivity contribution in [2.24, 2.45) is 0 Å². The number of thioether (sulfide) groups is 1. The van der Waals surface area contributed by atoms with Crippen molar-refractivity contribution >= 4 is 34.7 Å². The van der Waals surface area contributed by atoms with Crippen molar-refractivity contribution in [3.63, 3.8) is 0 Å². The van der Waals surface area contributed by atoms with E-state index >= 15 is 0 Å². The molecule has 0 aromatic heterocycles. The fraction of sp³-hybridized carbons (Fsp3) is 0.143. The lowest BCUT2D eigenvalue weighted by Gasteiger charge is -2.07. The summed E-state index contributed by atoms with van der Waals surface area (Å²) in [4.78, 5) is 35.7. The third-order valence-electron chi connectivity index (χ3n) is 3.19. The van der Waals surface area contributed by atoms with Crippen LogP contribution in [0.4, 0.5) is 10.5 Å². The monoisotopic (exact) mass is 334 g/mol. The van der Waals surface area contributed by atoms with Gasteiger partial charge in [0.1, 0.15) is 0 Å². The Kier molecular flexibility index (Phi) is 3.78. The summed E-state index contributed by atoms with van der Waals surface area (Å²) in [6.45, 7) is 3.55. The number of benzene rings is 1. The van der Waals surface area contributed by atoms with Crippen LogP contribution in [0, 0.1) is 10.1 Å². The fourth-order valence-electron chi connectivity index (χ4n) is 2.15. The van der Waals surface area contributed by atoms with Crippen LogP contribution in [0.1, 0.15) is 5.56 Å². The van der Waals surface area contributed by atoms with Gasteiger partial charge in [-0.1, -0.05) is 6.08 Å². The van der Waals surface area contributed by atoms with Gasteiger partial charge < -0.3 is 9.47 Å². The molecule has 1 aromatic carbocycles. The molecule has 9 heteroatoms. The number of hydrogen-bond donors (Lipinski definition) is 0. The van der Waals surface area contributed by atoms with Gasteiger partial charge in [0.15, 0.2) is 11.5 Å². The predicted molar refractivity (Wildman–Crippen MR) is 82.1 cm³/mol. The third-order valence-corrected chi connectivity index (χ3v) is 4.10. The summed E-state index contributed by atoms with van der Waals surface area (Å²) in [5, 5.41) is 10.8. The highest BCUT2D eigenvalue weighted by atomic mass is 32.2. The summed E-state index contributed by atoms with van der Waals surface area (Å²) in [5.41, 5.74) is -0.0619. The first-order valence-corrected chi connectivity index (χ1v) is 7.27. The average Bonchev–Trinajstić information content (AvgIpc) is 3.06. The topological polar surface area (TPSA) is 99.0 Å². The number of ether oxygens (including phenoxy) is 2. The number of nitro groups is 1. The number of nitro benzene ring substituents is 1. The zero-order valence-corrected chi connectivity index (χ0v) is 12.5. The van der Waals surface area contributed by atoms with Crippen molar-refractivity contribution in [2.45, 2.75) is 0 Å². The van der Waals surface area contributed by atoms with Crippen LogP contribution in [0.3, 0.4) is 0 Å². The molecule has 0 bridgehead atoms. The summed E-state index contributed by atoms with van der Waals surface area (Å²) in [6.07, 6.45) is 2.75. The molecule has 1 saturated heterocycles. The molecule has 2 heterocycles. The molecule has 0 spiro atoms. The van der Waals surface area contributed by atoms with Crippen LogP contribution in [-0.4, -0.2) is 34.3 Å². The van der Waals surface area contributed by atoms with E-state index in [9.17, 15) is 19.7 Å². The number of carbonyl (C=O) groups excluding carboxylic acids is 2. The summed E-state index contributed by atoms with van der Waals surface area (Å²) >= 11 is 0.726. The molecule has 0 N–H and O–H groups in total. The number of carbonyl (C=O) groups is 2. The second-order valence-corrected chi connectivity index (χ2v) is 5.60. The maximum absolute atomic E-state index is 12.2. The molecular weight excluding hydrogens is 324 g/mol. The molecular formula is C14H10N2O6S. The molecule has 23 heavy (non-hydrogen) atoms. The van der Waals surface area contributed by atoms with Crippen LogP contribution in [-0.2, 0) is 4.79 Å². The second kappa shape index (κ2) is 5.76. The molecule has 0 saturated carbocycles. The first-order chi connectivity index (χ1) is 11.0. The van der Waals surface area contributed by atoms with Gasteiger partial charge in [-0.3, -0.25) is 24.6 Å². The summed E-state index contributed by atoms with van der Waals surface area (Å²) in [7, 11) is 0. The van der Waals surface area contributed by atoms with Crippen LogP contribution in [0.15, 0.2) is 29.7 Å². The summed E-state index contributed by atoms with van der Waals surface area (Å²) in [5.74, 6) is 0.118. The summed E-state index contributed by atoms with van der Waals surface area (Å²) < 4.78 is 10.3. The zero-order chi connectivity index (χ0) is 16.6. The van der Waals surface area contributed by atoms with E-state index in [-0.39, 0.29) is 35.2 Å². The van der Waals surface area contributed by atoms with Crippen LogP contribution >= 0.6 is 11.8 Å². The van der Waals surface area contributed by atoms with Gasteiger partial charge >= 0.3 is 0 Å². The van der Waals surface area contributed by atoms with Crippen molar-refractivity contribution in [3.8, 4) is 11.5 Å². The quantitative estimate of drug-likeness (QED) is 0.361. The second-order valence-electron chi connectivity index (χ2n) is 4.60. The van der Waals surface area contributed by atoms with Crippen molar-refractivity contribution in [2.75, 3.05) is 13.3 Å². The Bertz CT molecular complexity index is 773. The molecule has 0 unspecified atom stereocenters. The molecule has 2 aliphatic rings. The first-order valence-electron chi connectivity index (χ1n) is 6.45. The van der Waals surface area contributed by atoms with E-state index in [0.29, 0.717) is 5.75 Å². The normalized spacial score (nSPS) is 17.9. The molecule has 0 aliphatic carbocycles. The Labute approximate surface area is 134 Å². The molecule has 118 valence electrons. The van der Waals surface area contributed by atoms with E-state index in [1.807, 2.05) is 0 Å². The molecule has 2 amide bonds. The van der Waals surface area contributed by atoms with E-state index in [2.05, 4.69) is 6.58 Å². The lowest BCUT2D eigenvalue weighted by molar-refractivity contribution is -0.385. The van der Waals surface area contributed by atoms with Gasteiger partial charge in [-0.25, -0.2) is 0 Å². The van der Waals surface area contributed by atoms with Gasteiger partial charge in [0, 0.05) is 6.54 Å². The van der Waals surface area contributed by atoms with Crippen molar-refractivity contribution in [1.82, 2.24) is 4.90 Å². The van der Waals surface area contributed by atoms with E-state index in [4.69, 9.17) is 9.47 Å². The first kappa shape index (κ1) is 15.1. The molecule has 8 nitrogen and oxygen atoms in total. The van der Waals surface area contributed by atoms with Gasteiger partial charge in [0.05, 0.1) is 21.5 Å². The zero-order valence-electron chi connectivity index (χ0n) is 11.7. The van der Waals surface area contributed by atoms with E-state index in [1.54, 1.807) is 0 Å². The van der Waals surface area contributed by atoms with E-state index < -0.39 is 16.1 Å². The third kappa shape index (κ3) is 2.66. The maximum Gasteiger partial charge on any atom is 0.293 e. The number of hydrogen-bond acceptors (Lipinski definition) is 7. The lowest BCUT2D eigenvalue weighted by Crippen LogP contribution is -2.27. The van der Waals surface area contributed by atoms with Crippen LogP contribution in [0.5, 0.6) is 11.5 Å². The maximum atomic E-state index is 12.2. The number of fused-ring (bicyclic) bond motifs is 1. The Morgan fingerprint density at radius 2 is 2.04 bits per heavy atom. The predicted octanol–water partition coefficient (Wildman–Crippen LogP) is 2.55. The molecule has 0 radical (unpaired) electrons. The van der Waals surface area contributed by atoms with Gasteiger partial charge in [-0.15, -0.1) is 6.58 Å². The van der Waals surface area contributed by atoms with Crippen molar-refractivity contribution < 1.29 is 24.0 Å². The van der Waals surface area contributed by atoms with Gasteiger partial charge in [-0.05, 0) is 23.9 Å². The van der Waals surface area contributed by atoms with Crippen LogP contribution in [0.2, 0.25) is 0 Å². The minimum absolute atomic E-state index is 0.0220. The lowest BCUT2D eigenvalue weighted by atomic mass is 10.1. The highest BCUT2D eigenvalue weighted by Crippen LogP contribution is 2.40. The van der Waals surface area contributed by atoms with E-state index in [0.717, 1.165) is 16.7 Å². The fourth-order valence-corrected chi connectivity index (χ4v) is 2.99. The molecule has 0 atom stereocenters. The Morgan fingerprint density at radius 3 is 2.70 bits per heavy atom. The number of amides is 2. The van der Waals surface area contributed by atoms with Crippen LogP contribution < -0.4 is 9.47 Å². The van der Waals surface area contributed by atoms with Crippen molar-refractivity contribution in [3.05, 3.63) is 45.4 Å². The Morgan fingerprint density at radius 1 is 1.35 bits per heavy atom. The van der Waals surface area contributed by atoms with Gasteiger partial charge in [0.25, 0.3) is 16.8 Å². The van der Waals surface area contributed by atoms with Gasteiger partial charge in [0.2, 0.25) is 6.79 Å². The highest BCUT2D eigenvalue weighted by molar-refractivity contribution is 8.18. The number of rotatable bonds is 4. The van der Waals surface area contributed by atoms with Gasteiger partial charge in [-0.2, -0.15) is 0 Å². The Balaban J connectivity index is 2.02. The SMILES string of the molecule is C=CCN1C(=O)S/C(=C\c2cc3c(cc2[N+](=O)[O-])OCO3)C1=O. The molecule has 1 aromatic rings. The number of nitrogens with zero attached hydrogens (tertiary/aromatic N) is 2. The standard InChI is InChI=1S/C14H10N2O6S/c1-2-3-15-13(17)12(23-14(15)18)5-8-4-10-11(22-7-21-10)6-9(8)16(19)20/h2,4-6H,1,3,7H2/b12-5-. The number of imide groups is 1.